The lowest BCUT2D eigenvalue weighted by molar-refractivity contribution is -0.123. The van der Waals surface area contributed by atoms with E-state index in [1.807, 2.05) is 29.2 Å². The van der Waals surface area contributed by atoms with Crippen LogP contribution in [0.5, 0.6) is 5.75 Å². The van der Waals surface area contributed by atoms with E-state index in [-0.39, 0.29) is 17.9 Å². The van der Waals surface area contributed by atoms with Crippen LogP contribution in [0.25, 0.3) is 0 Å². The molecule has 3 rings (SSSR count). The predicted molar refractivity (Wildman–Crippen MR) is 105 cm³/mol. The summed E-state index contributed by atoms with van der Waals surface area (Å²) in [6.07, 6.45) is 4.93. The Morgan fingerprint density at radius 1 is 1.30 bits per heavy atom. The summed E-state index contributed by atoms with van der Waals surface area (Å²) in [6.45, 7) is 5.74. The lowest BCUT2D eigenvalue weighted by Gasteiger charge is -2.33. The Labute approximate surface area is 161 Å². The average molecular weight is 373 g/mol. The van der Waals surface area contributed by atoms with Gasteiger partial charge in [0.25, 0.3) is 5.91 Å². The van der Waals surface area contributed by atoms with Crippen molar-refractivity contribution in [3.8, 4) is 5.75 Å². The summed E-state index contributed by atoms with van der Waals surface area (Å²) in [7, 11) is 0. The van der Waals surface area contributed by atoms with Crippen molar-refractivity contribution in [1.82, 2.24) is 15.5 Å². The Bertz CT molecular complexity index is 643. The quantitative estimate of drug-likeness (QED) is 0.769. The van der Waals surface area contributed by atoms with E-state index in [2.05, 4.69) is 17.6 Å². The fourth-order valence-corrected chi connectivity index (χ4v) is 3.81. The smallest absolute Gasteiger partial charge is 0.253 e. The highest BCUT2D eigenvalue weighted by Crippen LogP contribution is 2.20. The van der Waals surface area contributed by atoms with Gasteiger partial charge in [0.1, 0.15) is 5.75 Å². The van der Waals surface area contributed by atoms with E-state index in [4.69, 9.17) is 4.74 Å². The first-order chi connectivity index (χ1) is 13.2. The molecule has 0 spiro atoms. The summed E-state index contributed by atoms with van der Waals surface area (Å²) in [6, 6.07) is 7.39. The average Bonchev–Trinajstić information content (AvgIpc) is 3.25. The van der Waals surface area contributed by atoms with Crippen LogP contribution < -0.4 is 15.4 Å². The van der Waals surface area contributed by atoms with Crippen LogP contribution in [-0.4, -0.2) is 55.5 Å². The van der Waals surface area contributed by atoms with E-state index >= 15 is 0 Å². The van der Waals surface area contributed by atoms with Crippen LogP contribution in [0.3, 0.4) is 0 Å². The molecule has 2 unspecified atom stereocenters. The monoisotopic (exact) mass is 373 g/mol. The molecule has 2 heterocycles. The normalized spacial score (nSPS) is 22.5. The molecule has 0 saturated carbocycles. The molecule has 27 heavy (non-hydrogen) atoms. The number of carbonyl (C=O) groups is 2. The number of carbonyl (C=O) groups excluding carboxylic acids is 2. The fraction of sp³-hybridized carbons (Fsp3) is 0.619. The topological polar surface area (TPSA) is 70.7 Å². The van der Waals surface area contributed by atoms with Gasteiger partial charge < -0.3 is 20.3 Å². The van der Waals surface area contributed by atoms with Crippen molar-refractivity contribution < 1.29 is 14.3 Å². The Kier molecular flexibility index (Phi) is 7.10. The van der Waals surface area contributed by atoms with Crippen molar-refractivity contribution in [3.05, 3.63) is 29.8 Å². The summed E-state index contributed by atoms with van der Waals surface area (Å²) >= 11 is 0. The van der Waals surface area contributed by atoms with Gasteiger partial charge in [0.15, 0.2) is 0 Å². The zero-order valence-electron chi connectivity index (χ0n) is 16.2. The number of benzene rings is 1. The maximum Gasteiger partial charge on any atom is 0.253 e. The number of hydrogen-bond donors (Lipinski definition) is 2. The molecule has 2 aliphatic heterocycles. The molecule has 0 radical (unpaired) electrons. The number of amides is 2. The molecule has 2 N–H and O–H groups in total. The van der Waals surface area contributed by atoms with Crippen LogP contribution in [0.2, 0.25) is 0 Å². The highest BCUT2D eigenvalue weighted by atomic mass is 16.5. The summed E-state index contributed by atoms with van der Waals surface area (Å²) < 4.78 is 5.64. The van der Waals surface area contributed by atoms with Gasteiger partial charge >= 0.3 is 0 Å². The molecule has 0 aromatic heterocycles. The molecule has 2 saturated heterocycles. The van der Waals surface area contributed by atoms with Gasteiger partial charge in [-0.3, -0.25) is 9.59 Å². The number of nitrogens with zero attached hydrogens (tertiary/aromatic N) is 1. The third-order valence-corrected chi connectivity index (χ3v) is 5.30. The maximum atomic E-state index is 12.9. The molecule has 6 nitrogen and oxygen atoms in total. The second-order valence-corrected chi connectivity index (χ2v) is 7.53. The number of ether oxygens (including phenoxy) is 1. The van der Waals surface area contributed by atoms with E-state index in [0.29, 0.717) is 31.2 Å². The second-order valence-electron chi connectivity index (χ2n) is 7.53. The van der Waals surface area contributed by atoms with E-state index < -0.39 is 0 Å². The maximum absolute atomic E-state index is 12.9. The van der Waals surface area contributed by atoms with Crippen LogP contribution in [0.15, 0.2) is 24.3 Å². The van der Waals surface area contributed by atoms with Crippen LogP contribution in [0.4, 0.5) is 0 Å². The van der Waals surface area contributed by atoms with Crippen molar-refractivity contribution in [1.29, 1.82) is 0 Å². The Morgan fingerprint density at radius 2 is 2.19 bits per heavy atom. The first kappa shape index (κ1) is 19.7. The fourth-order valence-electron chi connectivity index (χ4n) is 3.81. The molecule has 148 valence electrons. The molecule has 1 aromatic rings. The minimum absolute atomic E-state index is 0.0443. The first-order valence-electron chi connectivity index (χ1n) is 10.2. The molecule has 0 bridgehead atoms. The van der Waals surface area contributed by atoms with E-state index in [1.165, 1.54) is 0 Å². The van der Waals surface area contributed by atoms with Gasteiger partial charge in [-0.25, -0.2) is 0 Å². The number of hydrogen-bond acceptors (Lipinski definition) is 4. The summed E-state index contributed by atoms with van der Waals surface area (Å²) in [4.78, 5) is 27.0. The van der Waals surface area contributed by atoms with Crippen LogP contribution in [-0.2, 0) is 4.79 Å². The SMILES string of the molecule is CCCOc1cccc(C(=O)N2CCCC(CNC(=O)C3CCCN3)C2)c1. The van der Waals surface area contributed by atoms with Gasteiger partial charge in [-0.2, -0.15) is 0 Å². The van der Waals surface area contributed by atoms with Crippen LogP contribution in [0.1, 0.15) is 49.4 Å². The van der Waals surface area contributed by atoms with Crippen molar-refractivity contribution in [2.75, 3.05) is 32.8 Å². The third kappa shape index (κ3) is 5.45. The molecule has 2 fully saturated rings. The minimum atomic E-state index is -0.0443. The Balaban J connectivity index is 1.52. The largest absolute Gasteiger partial charge is 0.494 e. The summed E-state index contributed by atoms with van der Waals surface area (Å²) in [5.74, 6) is 1.20. The lowest BCUT2D eigenvalue weighted by atomic mass is 9.97. The second kappa shape index (κ2) is 9.74. The van der Waals surface area contributed by atoms with Gasteiger partial charge in [0.2, 0.25) is 5.91 Å². The van der Waals surface area contributed by atoms with Crippen LogP contribution >= 0.6 is 0 Å². The molecule has 2 atom stereocenters. The highest BCUT2D eigenvalue weighted by molar-refractivity contribution is 5.94. The van der Waals surface area contributed by atoms with E-state index in [1.54, 1.807) is 0 Å². The van der Waals surface area contributed by atoms with E-state index in [9.17, 15) is 9.59 Å². The standard InChI is InChI=1S/C21H31N3O3/c1-2-12-27-18-8-3-7-17(13-18)21(26)24-11-5-6-16(15-24)14-23-20(25)19-9-4-10-22-19/h3,7-8,13,16,19,22H,2,4-6,9-12,14-15H2,1H3,(H,23,25). The van der Waals surface area contributed by atoms with Gasteiger partial charge in [0, 0.05) is 25.2 Å². The summed E-state index contributed by atoms with van der Waals surface area (Å²) in [5.41, 5.74) is 0.670. The van der Waals surface area contributed by atoms with Crippen molar-refractivity contribution >= 4 is 11.8 Å². The number of piperidine rings is 1. The van der Waals surface area contributed by atoms with Crippen molar-refractivity contribution in [2.45, 2.75) is 45.1 Å². The van der Waals surface area contributed by atoms with Crippen molar-refractivity contribution in [3.63, 3.8) is 0 Å². The molecular weight excluding hydrogens is 342 g/mol. The summed E-state index contributed by atoms with van der Waals surface area (Å²) in [5, 5.41) is 6.29. The molecular formula is C21H31N3O3. The zero-order valence-corrected chi connectivity index (χ0v) is 16.2. The highest BCUT2D eigenvalue weighted by Gasteiger charge is 2.27. The van der Waals surface area contributed by atoms with Gasteiger partial charge in [-0.05, 0) is 62.8 Å². The lowest BCUT2D eigenvalue weighted by Crippen LogP contribution is -2.46. The predicted octanol–water partition coefficient (Wildman–Crippen LogP) is 2.20. The Hall–Kier alpha value is -2.08. The number of nitrogens with one attached hydrogen (secondary N) is 2. The molecule has 2 aliphatic rings. The zero-order chi connectivity index (χ0) is 19.1. The third-order valence-electron chi connectivity index (χ3n) is 5.30. The van der Waals surface area contributed by atoms with E-state index in [0.717, 1.165) is 50.9 Å². The minimum Gasteiger partial charge on any atom is -0.494 e. The van der Waals surface area contributed by atoms with Gasteiger partial charge in [-0.15, -0.1) is 0 Å². The molecule has 0 aliphatic carbocycles. The number of likely N-dealkylation sites (tertiary alicyclic amines) is 1. The van der Waals surface area contributed by atoms with Gasteiger partial charge in [-0.1, -0.05) is 13.0 Å². The number of rotatable bonds is 7. The first-order valence-corrected chi connectivity index (χ1v) is 10.2. The Morgan fingerprint density at radius 3 is 2.96 bits per heavy atom. The van der Waals surface area contributed by atoms with Crippen LogP contribution in [0, 0.1) is 5.92 Å². The molecule has 1 aromatic carbocycles. The molecule has 2 amide bonds. The van der Waals surface area contributed by atoms with Crippen molar-refractivity contribution in [2.24, 2.45) is 5.92 Å². The molecule has 6 heteroatoms. The van der Waals surface area contributed by atoms with Gasteiger partial charge in [0.05, 0.1) is 12.6 Å².